The largest absolute Gasteiger partial charge is 0.497 e. The first-order valence-electron chi connectivity index (χ1n) is 8.83. The first-order chi connectivity index (χ1) is 13.1. The molecule has 8 heteroatoms. The van der Waals surface area contributed by atoms with Crippen molar-refractivity contribution in [1.29, 1.82) is 0 Å². The van der Waals surface area contributed by atoms with Crippen LogP contribution in [0.4, 0.5) is 0 Å². The molecule has 0 atom stereocenters. The van der Waals surface area contributed by atoms with Crippen LogP contribution in [0.5, 0.6) is 5.75 Å². The average molecular weight is 407 g/mol. The van der Waals surface area contributed by atoms with Gasteiger partial charge in [-0.2, -0.15) is 0 Å². The van der Waals surface area contributed by atoms with E-state index in [0.29, 0.717) is 54.9 Å². The molecule has 1 aromatic carbocycles. The van der Waals surface area contributed by atoms with E-state index in [1.165, 1.54) is 11.8 Å². The van der Waals surface area contributed by atoms with Crippen molar-refractivity contribution in [2.45, 2.75) is 12.8 Å². The number of morpholine rings is 1. The van der Waals surface area contributed by atoms with Gasteiger partial charge in [0.1, 0.15) is 10.1 Å². The monoisotopic (exact) mass is 406 g/mol. The third-order valence-corrected chi connectivity index (χ3v) is 5.80. The zero-order valence-electron chi connectivity index (χ0n) is 15.2. The van der Waals surface area contributed by atoms with Gasteiger partial charge in [0.15, 0.2) is 0 Å². The molecule has 144 valence electrons. The van der Waals surface area contributed by atoms with Crippen LogP contribution in [0.15, 0.2) is 29.2 Å². The van der Waals surface area contributed by atoms with Gasteiger partial charge in [-0.15, -0.1) is 0 Å². The molecule has 6 nitrogen and oxygen atoms in total. The molecule has 0 unspecified atom stereocenters. The van der Waals surface area contributed by atoms with Crippen LogP contribution in [0.3, 0.4) is 0 Å². The Bertz CT molecular complexity index is 743. The molecule has 0 aliphatic carbocycles. The number of carbonyl (C=O) groups is 2. The summed E-state index contributed by atoms with van der Waals surface area (Å²) >= 11 is 6.65. The van der Waals surface area contributed by atoms with Crippen LogP contribution >= 0.6 is 24.0 Å². The van der Waals surface area contributed by atoms with Crippen LogP contribution in [0.1, 0.15) is 18.4 Å². The quantitative estimate of drug-likeness (QED) is 0.535. The number of hydrogen-bond acceptors (Lipinski definition) is 6. The molecule has 0 bridgehead atoms. The summed E-state index contributed by atoms with van der Waals surface area (Å²) in [6, 6.07) is 7.49. The fraction of sp³-hybridized carbons (Fsp3) is 0.421. The molecule has 0 N–H and O–H groups in total. The zero-order chi connectivity index (χ0) is 19.2. The summed E-state index contributed by atoms with van der Waals surface area (Å²) in [5, 5.41) is 0. The fourth-order valence-corrected chi connectivity index (χ4v) is 4.21. The number of methoxy groups -OCH3 is 1. The first-order valence-corrected chi connectivity index (χ1v) is 10.1. The lowest BCUT2D eigenvalue weighted by molar-refractivity contribution is -0.135. The summed E-state index contributed by atoms with van der Waals surface area (Å²) in [6.07, 6.45) is 2.84. The van der Waals surface area contributed by atoms with Crippen molar-refractivity contribution >= 4 is 46.2 Å². The number of nitrogens with zero attached hydrogens (tertiary/aromatic N) is 2. The van der Waals surface area contributed by atoms with Gasteiger partial charge in [0.25, 0.3) is 5.91 Å². The fourth-order valence-electron chi connectivity index (χ4n) is 2.90. The molecule has 3 rings (SSSR count). The Morgan fingerprint density at radius 3 is 2.67 bits per heavy atom. The molecular weight excluding hydrogens is 384 g/mol. The lowest BCUT2D eigenvalue weighted by Crippen LogP contribution is -2.41. The SMILES string of the molecule is COc1ccc(C=C2SC(=S)N(CCCC(=O)N3CCOCC3)C2=O)cc1. The van der Waals surface area contributed by atoms with Crippen LogP contribution in [0.25, 0.3) is 6.08 Å². The Morgan fingerprint density at radius 1 is 1.30 bits per heavy atom. The number of ether oxygens (including phenoxy) is 2. The number of hydrogen-bond donors (Lipinski definition) is 0. The molecule has 27 heavy (non-hydrogen) atoms. The molecular formula is C19H22N2O4S2. The maximum absolute atomic E-state index is 12.6. The standard InChI is InChI=1S/C19H22N2O4S2/c1-24-15-6-4-14(5-7-15)13-16-18(23)21(19(26)27-16)8-2-3-17(22)20-9-11-25-12-10-20/h4-7,13H,2-3,8-12H2,1H3. The summed E-state index contributed by atoms with van der Waals surface area (Å²) in [7, 11) is 1.62. The smallest absolute Gasteiger partial charge is 0.266 e. The van der Waals surface area contributed by atoms with Gasteiger partial charge >= 0.3 is 0 Å². The van der Waals surface area contributed by atoms with E-state index in [0.717, 1.165) is 11.3 Å². The molecule has 1 aromatic rings. The van der Waals surface area contributed by atoms with Crippen molar-refractivity contribution in [2.75, 3.05) is 40.0 Å². The second kappa shape index (κ2) is 9.34. The minimum absolute atomic E-state index is 0.0976. The van der Waals surface area contributed by atoms with E-state index in [1.807, 2.05) is 35.2 Å². The van der Waals surface area contributed by atoms with Gasteiger partial charge in [-0.25, -0.2) is 0 Å². The normalized spacial score (nSPS) is 19.1. The first kappa shape index (κ1) is 19.9. The van der Waals surface area contributed by atoms with E-state index in [4.69, 9.17) is 21.7 Å². The predicted octanol–water partition coefficient (Wildman–Crippen LogP) is 2.54. The van der Waals surface area contributed by atoms with Crippen molar-refractivity contribution in [3.05, 3.63) is 34.7 Å². The second-order valence-corrected chi connectivity index (χ2v) is 7.88. The number of carbonyl (C=O) groups excluding carboxylic acids is 2. The molecule has 0 aromatic heterocycles. The number of rotatable bonds is 6. The maximum Gasteiger partial charge on any atom is 0.266 e. The highest BCUT2D eigenvalue weighted by Crippen LogP contribution is 2.33. The third-order valence-electron chi connectivity index (χ3n) is 4.42. The molecule has 0 saturated carbocycles. The van der Waals surface area contributed by atoms with Gasteiger partial charge in [0, 0.05) is 26.1 Å². The van der Waals surface area contributed by atoms with Crippen LogP contribution in [-0.2, 0) is 14.3 Å². The highest BCUT2D eigenvalue weighted by Gasteiger charge is 2.31. The molecule has 2 heterocycles. The molecule has 2 aliphatic heterocycles. The van der Waals surface area contributed by atoms with Gasteiger partial charge in [-0.3, -0.25) is 14.5 Å². The Labute approximate surface area is 168 Å². The Balaban J connectivity index is 1.54. The van der Waals surface area contributed by atoms with Crippen LogP contribution < -0.4 is 4.74 Å². The van der Waals surface area contributed by atoms with Gasteiger partial charge in [-0.05, 0) is 30.2 Å². The molecule has 2 saturated heterocycles. The lowest BCUT2D eigenvalue weighted by atomic mass is 10.2. The summed E-state index contributed by atoms with van der Waals surface area (Å²) in [6.45, 7) is 2.93. The Hall–Kier alpha value is -1.90. The minimum Gasteiger partial charge on any atom is -0.497 e. The Morgan fingerprint density at radius 2 is 2.00 bits per heavy atom. The number of benzene rings is 1. The molecule has 0 radical (unpaired) electrons. The summed E-state index contributed by atoms with van der Waals surface area (Å²) in [5.41, 5.74) is 0.916. The predicted molar refractivity (Wildman–Crippen MR) is 110 cm³/mol. The van der Waals surface area contributed by atoms with E-state index >= 15 is 0 Å². The average Bonchev–Trinajstić information content (AvgIpc) is 2.96. The van der Waals surface area contributed by atoms with E-state index in [-0.39, 0.29) is 11.8 Å². The van der Waals surface area contributed by atoms with Crippen molar-refractivity contribution < 1.29 is 19.1 Å². The van der Waals surface area contributed by atoms with Gasteiger partial charge < -0.3 is 14.4 Å². The Kier molecular flexibility index (Phi) is 6.87. The van der Waals surface area contributed by atoms with E-state index < -0.39 is 0 Å². The maximum atomic E-state index is 12.6. The van der Waals surface area contributed by atoms with Crippen molar-refractivity contribution in [2.24, 2.45) is 0 Å². The van der Waals surface area contributed by atoms with E-state index in [1.54, 1.807) is 12.0 Å². The number of thioether (sulfide) groups is 1. The summed E-state index contributed by atoms with van der Waals surface area (Å²) in [5.74, 6) is 0.779. The third kappa shape index (κ3) is 5.09. The molecule has 2 amide bonds. The van der Waals surface area contributed by atoms with Gasteiger partial charge in [0.05, 0.1) is 25.2 Å². The highest BCUT2D eigenvalue weighted by atomic mass is 32.2. The highest BCUT2D eigenvalue weighted by molar-refractivity contribution is 8.26. The molecule has 2 aliphatic rings. The van der Waals surface area contributed by atoms with Gasteiger partial charge in [-0.1, -0.05) is 36.1 Å². The van der Waals surface area contributed by atoms with Crippen LogP contribution in [0, 0.1) is 0 Å². The number of amides is 2. The van der Waals surface area contributed by atoms with Gasteiger partial charge in [0.2, 0.25) is 5.91 Å². The lowest BCUT2D eigenvalue weighted by Gasteiger charge is -2.27. The topological polar surface area (TPSA) is 59.1 Å². The zero-order valence-corrected chi connectivity index (χ0v) is 16.8. The van der Waals surface area contributed by atoms with Crippen LogP contribution in [-0.4, -0.2) is 65.9 Å². The van der Waals surface area contributed by atoms with E-state index in [2.05, 4.69) is 0 Å². The minimum atomic E-state index is -0.0976. The second-order valence-electron chi connectivity index (χ2n) is 6.20. The summed E-state index contributed by atoms with van der Waals surface area (Å²) in [4.78, 5) is 28.8. The number of thiocarbonyl (C=S) groups is 1. The van der Waals surface area contributed by atoms with E-state index in [9.17, 15) is 9.59 Å². The molecule has 0 spiro atoms. The summed E-state index contributed by atoms with van der Waals surface area (Å²) < 4.78 is 10.9. The van der Waals surface area contributed by atoms with Crippen LogP contribution in [0.2, 0.25) is 0 Å². The van der Waals surface area contributed by atoms with Crippen molar-refractivity contribution in [1.82, 2.24) is 9.80 Å². The molecule has 2 fully saturated rings. The van der Waals surface area contributed by atoms with Crippen molar-refractivity contribution in [3.63, 3.8) is 0 Å². The van der Waals surface area contributed by atoms with Crippen molar-refractivity contribution in [3.8, 4) is 5.75 Å².